The van der Waals surface area contributed by atoms with Gasteiger partial charge in [-0.3, -0.25) is 4.79 Å². The summed E-state index contributed by atoms with van der Waals surface area (Å²) in [5.41, 5.74) is 6.62. The summed E-state index contributed by atoms with van der Waals surface area (Å²) in [6, 6.07) is 5.24. The van der Waals surface area contributed by atoms with Gasteiger partial charge in [0.1, 0.15) is 5.75 Å². The molecular formula is C11H13NO2. The molecule has 0 heterocycles. The molecule has 3 nitrogen and oxygen atoms in total. The second kappa shape index (κ2) is 2.74. The van der Waals surface area contributed by atoms with Crippen LogP contribution in [-0.2, 0) is 10.2 Å². The van der Waals surface area contributed by atoms with Crippen molar-refractivity contribution in [2.24, 2.45) is 5.73 Å². The minimum Gasteiger partial charge on any atom is -0.508 e. The molecule has 1 aliphatic carbocycles. The summed E-state index contributed by atoms with van der Waals surface area (Å²) < 4.78 is 0. The van der Waals surface area contributed by atoms with Gasteiger partial charge in [-0.15, -0.1) is 0 Å². The molecule has 3 N–H and O–H groups in total. The molecule has 0 spiro atoms. The number of rotatable bonds is 2. The average Bonchev–Trinajstić information content (AvgIpc) is 2.90. The Morgan fingerprint density at radius 1 is 1.50 bits per heavy atom. The maximum Gasteiger partial charge on any atom is 0.228 e. The van der Waals surface area contributed by atoms with Gasteiger partial charge in [0.05, 0.1) is 5.41 Å². The Morgan fingerprint density at radius 2 is 2.14 bits per heavy atom. The number of carbonyl (C=O) groups is 1. The number of hydrogen-bond acceptors (Lipinski definition) is 2. The molecule has 2 rings (SSSR count). The van der Waals surface area contributed by atoms with Crippen molar-refractivity contribution in [3.05, 3.63) is 29.3 Å². The number of hydrogen-bond donors (Lipinski definition) is 2. The molecule has 1 aromatic carbocycles. The summed E-state index contributed by atoms with van der Waals surface area (Å²) in [5.74, 6) is -0.00314. The van der Waals surface area contributed by atoms with Crippen molar-refractivity contribution in [2.45, 2.75) is 25.2 Å². The molecular weight excluding hydrogens is 178 g/mol. The van der Waals surface area contributed by atoms with Crippen molar-refractivity contribution < 1.29 is 9.90 Å². The second-order valence-corrected chi connectivity index (χ2v) is 3.95. The highest BCUT2D eigenvalue weighted by Crippen LogP contribution is 2.48. The fourth-order valence-electron chi connectivity index (χ4n) is 1.76. The average molecular weight is 191 g/mol. The lowest BCUT2D eigenvalue weighted by atomic mass is 9.94. The van der Waals surface area contributed by atoms with Crippen molar-refractivity contribution in [3.63, 3.8) is 0 Å². The molecule has 0 radical (unpaired) electrons. The Labute approximate surface area is 82.5 Å². The molecule has 74 valence electrons. The molecule has 1 amide bonds. The number of amides is 1. The maximum absolute atomic E-state index is 11.2. The van der Waals surface area contributed by atoms with E-state index in [0.717, 1.165) is 24.0 Å². The predicted molar refractivity (Wildman–Crippen MR) is 53.0 cm³/mol. The minimum absolute atomic E-state index is 0.258. The third-order valence-corrected chi connectivity index (χ3v) is 2.97. The number of aryl methyl sites for hydroxylation is 1. The smallest absolute Gasteiger partial charge is 0.228 e. The van der Waals surface area contributed by atoms with Crippen LogP contribution in [0.1, 0.15) is 24.0 Å². The van der Waals surface area contributed by atoms with E-state index >= 15 is 0 Å². The number of phenolic OH excluding ortho intramolecular Hbond substituents is 1. The Balaban J connectivity index is 2.43. The summed E-state index contributed by atoms with van der Waals surface area (Å²) in [6.07, 6.45) is 1.65. The highest BCUT2D eigenvalue weighted by molar-refractivity contribution is 5.89. The third-order valence-electron chi connectivity index (χ3n) is 2.97. The van der Waals surface area contributed by atoms with Crippen LogP contribution in [0.3, 0.4) is 0 Å². The number of primary amides is 1. The molecule has 1 aromatic rings. The molecule has 0 aliphatic heterocycles. The van der Waals surface area contributed by atoms with Crippen molar-refractivity contribution >= 4 is 5.91 Å². The molecule has 0 atom stereocenters. The zero-order valence-electron chi connectivity index (χ0n) is 8.08. The topological polar surface area (TPSA) is 63.3 Å². The van der Waals surface area contributed by atoms with E-state index in [9.17, 15) is 9.90 Å². The Kier molecular flexibility index (Phi) is 1.77. The number of nitrogens with two attached hydrogens (primary N) is 1. The van der Waals surface area contributed by atoms with Gasteiger partial charge < -0.3 is 10.8 Å². The summed E-state index contributed by atoms with van der Waals surface area (Å²) >= 11 is 0. The van der Waals surface area contributed by atoms with E-state index in [1.165, 1.54) is 0 Å². The first kappa shape index (κ1) is 9.06. The summed E-state index contributed by atoms with van der Waals surface area (Å²) in [5, 5.41) is 9.35. The van der Waals surface area contributed by atoms with E-state index in [4.69, 9.17) is 5.73 Å². The van der Waals surface area contributed by atoms with Crippen LogP contribution >= 0.6 is 0 Å². The lowest BCUT2D eigenvalue weighted by Crippen LogP contribution is -2.28. The minimum atomic E-state index is -0.446. The van der Waals surface area contributed by atoms with E-state index < -0.39 is 5.41 Å². The van der Waals surface area contributed by atoms with Crippen molar-refractivity contribution in [1.29, 1.82) is 0 Å². The standard InChI is InChI=1S/C11H13NO2/c1-7-6-8(2-3-9(7)13)11(4-5-11)10(12)14/h2-3,6,13H,4-5H2,1H3,(H2,12,14). The van der Waals surface area contributed by atoms with Gasteiger partial charge in [0.15, 0.2) is 0 Å². The van der Waals surface area contributed by atoms with E-state index in [2.05, 4.69) is 0 Å². The van der Waals surface area contributed by atoms with Gasteiger partial charge in [0.25, 0.3) is 0 Å². The van der Waals surface area contributed by atoms with Gasteiger partial charge in [-0.1, -0.05) is 12.1 Å². The lowest BCUT2D eigenvalue weighted by molar-refractivity contribution is -0.120. The summed E-state index contributed by atoms with van der Waals surface area (Å²) in [6.45, 7) is 1.82. The molecule has 1 aliphatic rings. The number of phenols is 1. The van der Waals surface area contributed by atoms with Crippen molar-refractivity contribution in [3.8, 4) is 5.75 Å². The quantitative estimate of drug-likeness (QED) is 0.738. The fraction of sp³-hybridized carbons (Fsp3) is 0.364. The largest absolute Gasteiger partial charge is 0.508 e. The SMILES string of the molecule is Cc1cc(C2(C(N)=O)CC2)ccc1O. The van der Waals surface area contributed by atoms with Crippen molar-refractivity contribution in [2.75, 3.05) is 0 Å². The molecule has 3 heteroatoms. The summed E-state index contributed by atoms with van der Waals surface area (Å²) in [4.78, 5) is 11.2. The van der Waals surface area contributed by atoms with Crippen LogP contribution in [-0.4, -0.2) is 11.0 Å². The molecule has 0 bridgehead atoms. The summed E-state index contributed by atoms with van der Waals surface area (Å²) in [7, 11) is 0. The number of benzene rings is 1. The maximum atomic E-state index is 11.2. The van der Waals surface area contributed by atoms with Crippen molar-refractivity contribution in [1.82, 2.24) is 0 Å². The Morgan fingerprint density at radius 3 is 2.57 bits per heavy atom. The highest BCUT2D eigenvalue weighted by atomic mass is 16.3. The van der Waals surface area contributed by atoms with Gasteiger partial charge in [-0.2, -0.15) is 0 Å². The molecule has 0 unspecified atom stereocenters. The molecule has 1 fully saturated rings. The molecule has 0 aromatic heterocycles. The lowest BCUT2D eigenvalue weighted by Gasteiger charge is -2.12. The first-order valence-electron chi connectivity index (χ1n) is 4.66. The van der Waals surface area contributed by atoms with E-state index in [0.29, 0.717) is 0 Å². The first-order valence-corrected chi connectivity index (χ1v) is 4.66. The van der Waals surface area contributed by atoms with E-state index in [1.807, 2.05) is 13.0 Å². The number of carbonyl (C=O) groups excluding carboxylic acids is 1. The first-order chi connectivity index (χ1) is 6.56. The van der Waals surface area contributed by atoms with E-state index in [1.54, 1.807) is 12.1 Å². The normalized spacial score (nSPS) is 17.8. The highest BCUT2D eigenvalue weighted by Gasteiger charge is 2.49. The fourth-order valence-corrected chi connectivity index (χ4v) is 1.76. The van der Waals surface area contributed by atoms with Gasteiger partial charge in [-0.25, -0.2) is 0 Å². The van der Waals surface area contributed by atoms with Gasteiger partial charge in [-0.05, 0) is 37.0 Å². The van der Waals surface area contributed by atoms with E-state index in [-0.39, 0.29) is 11.7 Å². The van der Waals surface area contributed by atoms with Crippen LogP contribution in [0.25, 0.3) is 0 Å². The van der Waals surface area contributed by atoms with Gasteiger partial charge in [0, 0.05) is 0 Å². The van der Waals surface area contributed by atoms with Crippen LogP contribution in [0, 0.1) is 6.92 Å². The van der Waals surface area contributed by atoms with Crippen LogP contribution < -0.4 is 5.73 Å². The molecule has 0 saturated heterocycles. The van der Waals surface area contributed by atoms with Crippen LogP contribution in [0.4, 0.5) is 0 Å². The monoisotopic (exact) mass is 191 g/mol. The Bertz CT molecular complexity index is 394. The zero-order valence-corrected chi connectivity index (χ0v) is 8.08. The van der Waals surface area contributed by atoms with Gasteiger partial charge in [0.2, 0.25) is 5.91 Å². The second-order valence-electron chi connectivity index (χ2n) is 3.95. The molecule has 14 heavy (non-hydrogen) atoms. The number of aromatic hydroxyl groups is 1. The van der Waals surface area contributed by atoms with Crippen LogP contribution in [0.2, 0.25) is 0 Å². The van der Waals surface area contributed by atoms with Crippen LogP contribution in [0.5, 0.6) is 5.75 Å². The molecule has 1 saturated carbocycles. The third kappa shape index (κ3) is 1.16. The van der Waals surface area contributed by atoms with Crippen LogP contribution in [0.15, 0.2) is 18.2 Å². The van der Waals surface area contributed by atoms with Gasteiger partial charge >= 0.3 is 0 Å². The Hall–Kier alpha value is -1.51. The zero-order chi connectivity index (χ0) is 10.3. The predicted octanol–water partition coefficient (Wildman–Crippen LogP) is 1.22.